The zero-order valence-corrected chi connectivity index (χ0v) is 28.6. The Morgan fingerprint density at radius 1 is 1.02 bits per heavy atom. The maximum Gasteiger partial charge on any atom is 0.338 e. The van der Waals surface area contributed by atoms with Crippen LogP contribution in [-0.4, -0.2) is 42.4 Å². The number of carbonyl (C=O) groups excluding carboxylic acids is 1. The van der Waals surface area contributed by atoms with Gasteiger partial charge in [0.1, 0.15) is 12.4 Å². The Balaban J connectivity index is 1.57. The molecule has 47 heavy (non-hydrogen) atoms. The molecule has 5 rings (SSSR count). The lowest BCUT2D eigenvalue weighted by atomic mass is 9.94. The van der Waals surface area contributed by atoms with Crippen LogP contribution < -0.4 is 29.1 Å². The lowest BCUT2D eigenvalue weighted by Gasteiger charge is -2.26. The molecule has 0 saturated heterocycles. The number of carboxylic acid groups (broad SMARTS) is 1. The summed E-state index contributed by atoms with van der Waals surface area (Å²) in [6, 6.07) is 16.5. The minimum Gasteiger partial charge on any atom is -0.496 e. The fourth-order valence-electron chi connectivity index (χ4n) is 5.29. The van der Waals surface area contributed by atoms with E-state index in [-0.39, 0.29) is 24.3 Å². The van der Waals surface area contributed by atoms with Crippen molar-refractivity contribution in [3.8, 4) is 17.2 Å². The van der Waals surface area contributed by atoms with Crippen molar-refractivity contribution < 1.29 is 33.6 Å². The summed E-state index contributed by atoms with van der Waals surface area (Å²) in [5.74, 6) is -0.00874. The van der Waals surface area contributed by atoms with Crippen molar-refractivity contribution in [2.24, 2.45) is 4.99 Å². The van der Waals surface area contributed by atoms with Crippen LogP contribution in [0.2, 0.25) is 0 Å². The first-order valence-electron chi connectivity index (χ1n) is 14.9. The normalized spacial score (nSPS) is 14.3. The number of ether oxygens (including phenoxy) is 4. The van der Waals surface area contributed by atoms with Gasteiger partial charge in [-0.1, -0.05) is 48.9 Å². The fraction of sp³-hybridized carbons (Fsp3) is 0.257. The van der Waals surface area contributed by atoms with Crippen LogP contribution in [0.1, 0.15) is 59.8 Å². The van der Waals surface area contributed by atoms with E-state index in [9.17, 15) is 19.5 Å². The smallest absolute Gasteiger partial charge is 0.338 e. The van der Waals surface area contributed by atoms with Gasteiger partial charge in [0.15, 0.2) is 16.3 Å². The van der Waals surface area contributed by atoms with Gasteiger partial charge in [0, 0.05) is 0 Å². The molecule has 244 valence electrons. The SMILES string of the molecule is CCCC1=C(C(=O)OCC)[C@H](c2ccc(OC)c(Br)c2)n2c(s/c(=C\c3ccc(OCc4cccc(C(=O)O)c4)c(OC)c3)c2=O)=N1. The van der Waals surface area contributed by atoms with E-state index in [1.807, 2.05) is 19.1 Å². The summed E-state index contributed by atoms with van der Waals surface area (Å²) < 4.78 is 25.1. The molecule has 0 fully saturated rings. The van der Waals surface area contributed by atoms with E-state index >= 15 is 0 Å². The number of aromatic nitrogens is 1. The zero-order chi connectivity index (χ0) is 33.7. The molecule has 0 amide bonds. The van der Waals surface area contributed by atoms with E-state index in [2.05, 4.69) is 15.9 Å². The van der Waals surface area contributed by atoms with Crippen LogP contribution in [0.5, 0.6) is 17.2 Å². The number of carboxylic acids is 1. The summed E-state index contributed by atoms with van der Waals surface area (Å²) >= 11 is 4.79. The van der Waals surface area contributed by atoms with Crippen molar-refractivity contribution in [2.75, 3.05) is 20.8 Å². The third-order valence-electron chi connectivity index (χ3n) is 7.44. The van der Waals surface area contributed by atoms with Gasteiger partial charge in [-0.05, 0) is 88.4 Å². The Labute approximate surface area is 283 Å². The monoisotopic (exact) mass is 720 g/mol. The first-order chi connectivity index (χ1) is 22.7. The Hall–Kier alpha value is -4.68. The van der Waals surface area contributed by atoms with Crippen molar-refractivity contribution in [2.45, 2.75) is 39.3 Å². The number of allylic oxidation sites excluding steroid dienone is 1. The Bertz CT molecular complexity index is 2050. The van der Waals surface area contributed by atoms with Crippen molar-refractivity contribution in [1.82, 2.24) is 4.57 Å². The van der Waals surface area contributed by atoms with E-state index in [0.29, 0.717) is 65.4 Å². The Morgan fingerprint density at radius 2 is 1.79 bits per heavy atom. The van der Waals surface area contributed by atoms with Crippen LogP contribution in [0.15, 0.2) is 86.2 Å². The molecule has 0 spiro atoms. The number of carbonyl (C=O) groups is 2. The number of halogens is 1. The highest BCUT2D eigenvalue weighted by molar-refractivity contribution is 9.10. The second kappa shape index (κ2) is 14.8. The van der Waals surface area contributed by atoms with Gasteiger partial charge < -0.3 is 24.1 Å². The third kappa shape index (κ3) is 7.18. The molecular formula is C35H33BrN2O8S. The first kappa shape index (κ1) is 33.7. The topological polar surface area (TPSA) is 126 Å². The molecule has 0 aliphatic carbocycles. The molecule has 1 atom stereocenters. The lowest BCUT2D eigenvalue weighted by Crippen LogP contribution is -2.40. The van der Waals surface area contributed by atoms with Gasteiger partial charge in [0.2, 0.25) is 0 Å². The molecule has 1 aromatic heterocycles. The number of benzene rings is 3. The van der Waals surface area contributed by atoms with Gasteiger partial charge in [0.05, 0.1) is 52.7 Å². The lowest BCUT2D eigenvalue weighted by molar-refractivity contribution is -0.139. The summed E-state index contributed by atoms with van der Waals surface area (Å²) in [7, 11) is 3.09. The standard InChI is InChI=1S/C35H33BrN2O8S/c1-5-8-25-30(34(42)45-6-2)31(22-12-14-26(43-3)24(36)18-22)38-32(39)29(47-35(38)37-25)17-20-11-13-27(28(16-20)44-4)46-19-21-9-7-10-23(15-21)33(40)41/h7,9-18,31H,5-6,8,19H2,1-4H3,(H,40,41)/b29-17-/t31-/m0/s1. The Kier molecular flexibility index (Phi) is 10.6. The van der Waals surface area contributed by atoms with E-state index in [1.54, 1.807) is 67.1 Å². The van der Waals surface area contributed by atoms with Crippen LogP contribution in [-0.2, 0) is 16.1 Å². The van der Waals surface area contributed by atoms with Gasteiger partial charge >= 0.3 is 11.9 Å². The van der Waals surface area contributed by atoms with Gasteiger partial charge in [0.25, 0.3) is 5.56 Å². The van der Waals surface area contributed by atoms with Crippen molar-refractivity contribution >= 4 is 45.3 Å². The number of hydrogen-bond acceptors (Lipinski definition) is 9. The van der Waals surface area contributed by atoms with Gasteiger partial charge in [-0.25, -0.2) is 14.6 Å². The predicted octanol–water partition coefficient (Wildman–Crippen LogP) is 5.64. The van der Waals surface area contributed by atoms with Crippen molar-refractivity contribution in [3.05, 3.63) is 118 Å². The third-order valence-corrected chi connectivity index (χ3v) is 9.04. The second-order valence-corrected chi connectivity index (χ2v) is 12.4. The molecule has 12 heteroatoms. The van der Waals surface area contributed by atoms with E-state index < -0.39 is 18.0 Å². The van der Waals surface area contributed by atoms with Crippen LogP contribution in [0.3, 0.4) is 0 Å². The van der Waals surface area contributed by atoms with Gasteiger partial charge in [-0.3, -0.25) is 9.36 Å². The summed E-state index contributed by atoms with van der Waals surface area (Å²) in [5, 5.41) is 9.28. The van der Waals surface area contributed by atoms with Crippen molar-refractivity contribution in [1.29, 1.82) is 0 Å². The zero-order valence-electron chi connectivity index (χ0n) is 26.2. The molecule has 2 heterocycles. The minimum atomic E-state index is -1.01. The Morgan fingerprint density at radius 3 is 2.47 bits per heavy atom. The van der Waals surface area contributed by atoms with Gasteiger partial charge in [-0.15, -0.1) is 0 Å². The summed E-state index contributed by atoms with van der Waals surface area (Å²) in [4.78, 5) is 44.2. The number of rotatable bonds is 12. The largest absolute Gasteiger partial charge is 0.496 e. The molecule has 0 bridgehead atoms. The summed E-state index contributed by atoms with van der Waals surface area (Å²) in [5.41, 5.74) is 2.88. The molecule has 4 aromatic rings. The van der Waals surface area contributed by atoms with Crippen LogP contribution in [0.4, 0.5) is 0 Å². The van der Waals surface area contributed by atoms with Crippen LogP contribution >= 0.6 is 27.3 Å². The highest BCUT2D eigenvalue weighted by Crippen LogP contribution is 2.36. The minimum absolute atomic E-state index is 0.139. The highest BCUT2D eigenvalue weighted by Gasteiger charge is 2.34. The molecule has 3 aromatic carbocycles. The average Bonchev–Trinajstić information content (AvgIpc) is 3.37. The molecular weight excluding hydrogens is 688 g/mol. The highest BCUT2D eigenvalue weighted by atomic mass is 79.9. The molecule has 1 N–H and O–H groups in total. The molecule has 1 aliphatic rings. The van der Waals surface area contributed by atoms with E-state index in [0.717, 1.165) is 6.42 Å². The number of aromatic carboxylic acids is 1. The molecule has 0 radical (unpaired) electrons. The number of thiazole rings is 1. The maximum absolute atomic E-state index is 14.1. The first-order valence-corrected chi connectivity index (χ1v) is 16.5. The predicted molar refractivity (Wildman–Crippen MR) is 181 cm³/mol. The fourth-order valence-corrected chi connectivity index (χ4v) is 6.87. The summed E-state index contributed by atoms with van der Waals surface area (Å²) in [6.07, 6.45) is 3.03. The second-order valence-electron chi connectivity index (χ2n) is 10.5. The van der Waals surface area contributed by atoms with E-state index in [1.165, 1.54) is 24.5 Å². The van der Waals surface area contributed by atoms with Crippen molar-refractivity contribution in [3.63, 3.8) is 0 Å². The van der Waals surface area contributed by atoms with Crippen LogP contribution in [0, 0.1) is 0 Å². The molecule has 10 nitrogen and oxygen atoms in total. The number of hydrogen-bond donors (Lipinski definition) is 1. The van der Waals surface area contributed by atoms with Gasteiger partial charge in [-0.2, -0.15) is 0 Å². The quantitative estimate of drug-likeness (QED) is 0.187. The number of esters is 1. The molecule has 0 saturated carbocycles. The number of methoxy groups -OCH3 is 2. The van der Waals surface area contributed by atoms with Crippen LogP contribution in [0.25, 0.3) is 6.08 Å². The molecule has 0 unspecified atom stereocenters. The average molecular weight is 722 g/mol. The maximum atomic E-state index is 14.1. The summed E-state index contributed by atoms with van der Waals surface area (Å²) in [6.45, 7) is 4.07. The number of nitrogens with zero attached hydrogens (tertiary/aromatic N) is 2. The molecule has 1 aliphatic heterocycles. The van der Waals surface area contributed by atoms with E-state index in [4.69, 9.17) is 23.9 Å². The number of fused-ring (bicyclic) bond motifs is 1.